The first-order valence-electron chi connectivity index (χ1n) is 14.7. The van der Waals surface area contributed by atoms with Gasteiger partial charge in [0.05, 0.1) is 23.1 Å². The SMILES string of the molecule is O=C(O)CCNC(=O)[C@H]1CCCC[C@H]1NC(=O)N[C@@](Cc1ccccc1)(c1cc(F)cc(OC(F)(F)C(F)F)c1)c1ccc(Cl)cn1. The Kier molecular flexibility index (Phi) is 11.6. The van der Waals surface area contributed by atoms with Gasteiger partial charge in [0.2, 0.25) is 5.91 Å². The van der Waals surface area contributed by atoms with Gasteiger partial charge < -0.3 is 25.8 Å². The second kappa shape index (κ2) is 15.4. The fourth-order valence-corrected chi connectivity index (χ4v) is 5.67. The maximum atomic E-state index is 15.1. The molecule has 4 rings (SSSR count). The lowest BCUT2D eigenvalue weighted by Crippen LogP contribution is -2.57. The molecule has 0 radical (unpaired) electrons. The topological polar surface area (TPSA) is 130 Å². The monoisotopic (exact) mass is 682 g/mol. The normalized spacial score (nSPS) is 17.8. The van der Waals surface area contributed by atoms with Crippen molar-refractivity contribution in [2.75, 3.05) is 6.54 Å². The number of pyridine rings is 1. The van der Waals surface area contributed by atoms with Gasteiger partial charge in [-0.15, -0.1) is 0 Å². The van der Waals surface area contributed by atoms with E-state index in [0.717, 1.165) is 12.1 Å². The van der Waals surface area contributed by atoms with Gasteiger partial charge >= 0.3 is 24.5 Å². The standard InChI is InChI=1S/C32H32ClF5N4O5/c33-21-10-11-26(40-18-21)31(17-19-6-2-1-3-7-19,20-14-22(34)16-23(15-20)47-32(37,38)29(35)36)42-30(46)41-25-9-5-4-8-24(25)28(45)39-13-12-27(43)44/h1-3,6-7,10-11,14-16,18,24-25,29H,4-5,8-9,12-13,17H2,(H,39,45)(H,43,44)(H2,41,42,46)/t24-,25+,31-/m0/s1. The number of alkyl halides is 4. The smallest absolute Gasteiger partial charge is 0.461 e. The quantitative estimate of drug-likeness (QED) is 0.163. The second-order valence-electron chi connectivity index (χ2n) is 11.1. The molecule has 252 valence electrons. The number of nitrogens with zero attached hydrogens (tertiary/aromatic N) is 1. The molecule has 0 aliphatic heterocycles. The van der Waals surface area contributed by atoms with Gasteiger partial charge in [0, 0.05) is 31.3 Å². The summed E-state index contributed by atoms with van der Waals surface area (Å²) >= 11 is 6.09. The number of benzene rings is 2. The minimum atomic E-state index is -4.95. The van der Waals surface area contributed by atoms with Crippen LogP contribution in [0.15, 0.2) is 66.9 Å². The summed E-state index contributed by atoms with van der Waals surface area (Å²) in [4.78, 5) is 42.1. The van der Waals surface area contributed by atoms with Gasteiger partial charge in [-0.25, -0.2) is 9.18 Å². The zero-order valence-electron chi connectivity index (χ0n) is 24.8. The van der Waals surface area contributed by atoms with Crippen LogP contribution in [0, 0.1) is 11.7 Å². The molecule has 2 aromatic carbocycles. The third kappa shape index (κ3) is 9.31. The van der Waals surface area contributed by atoms with Crippen LogP contribution in [0.1, 0.15) is 48.9 Å². The summed E-state index contributed by atoms with van der Waals surface area (Å²) in [5.41, 5.74) is -1.32. The molecule has 3 atom stereocenters. The molecule has 1 fully saturated rings. The largest absolute Gasteiger partial charge is 0.481 e. The van der Waals surface area contributed by atoms with Crippen LogP contribution in [0.3, 0.4) is 0 Å². The number of carbonyl (C=O) groups excluding carboxylic acids is 2. The molecule has 9 nitrogen and oxygen atoms in total. The second-order valence-corrected chi connectivity index (χ2v) is 11.5. The van der Waals surface area contributed by atoms with Crippen molar-refractivity contribution in [2.45, 2.75) is 62.6 Å². The van der Waals surface area contributed by atoms with E-state index in [0.29, 0.717) is 37.3 Å². The predicted octanol–water partition coefficient (Wildman–Crippen LogP) is 6.05. The molecule has 0 saturated heterocycles. The molecule has 15 heteroatoms. The van der Waals surface area contributed by atoms with E-state index >= 15 is 4.39 Å². The van der Waals surface area contributed by atoms with E-state index in [4.69, 9.17) is 16.7 Å². The number of hydrogen-bond acceptors (Lipinski definition) is 5. The highest BCUT2D eigenvalue weighted by Crippen LogP contribution is 2.37. The van der Waals surface area contributed by atoms with Crippen molar-refractivity contribution < 1.29 is 46.2 Å². The van der Waals surface area contributed by atoms with Crippen LogP contribution in [0.4, 0.5) is 26.7 Å². The number of carboxylic acids is 1. The van der Waals surface area contributed by atoms with Crippen LogP contribution in [0.25, 0.3) is 0 Å². The van der Waals surface area contributed by atoms with Gasteiger partial charge in [-0.2, -0.15) is 17.6 Å². The number of nitrogens with one attached hydrogen (secondary N) is 3. The number of aromatic nitrogens is 1. The molecule has 1 aromatic heterocycles. The minimum Gasteiger partial charge on any atom is -0.481 e. The highest BCUT2D eigenvalue weighted by Gasteiger charge is 2.45. The van der Waals surface area contributed by atoms with E-state index in [1.165, 1.54) is 18.3 Å². The molecule has 0 spiro atoms. The summed E-state index contributed by atoms with van der Waals surface area (Å²) in [5.74, 6) is -4.26. The Hall–Kier alpha value is -4.46. The summed E-state index contributed by atoms with van der Waals surface area (Å²) in [7, 11) is 0. The Labute approximate surface area is 271 Å². The van der Waals surface area contributed by atoms with Crippen LogP contribution in [-0.2, 0) is 21.5 Å². The zero-order chi connectivity index (χ0) is 34.2. The van der Waals surface area contributed by atoms with Crippen molar-refractivity contribution in [1.82, 2.24) is 20.9 Å². The first-order chi connectivity index (χ1) is 22.3. The van der Waals surface area contributed by atoms with E-state index in [1.807, 2.05) is 0 Å². The van der Waals surface area contributed by atoms with Crippen molar-refractivity contribution in [1.29, 1.82) is 0 Å². The van der Waals surface area contributed by atoms with Crippen LogP contribution >= 0.6 is 11.6 Å². The summed E-state index contributed by atoms with van der Waals surface area (Å²) in [5, 5.41) is 17.3. The van der Waals surface area contributed by atoms with Gasteiger partial charge in [-0.3, -0.25) is 14.6 Å². The number of ether oxygens (including phenoxy) is 1. The highest BCUT2D eigenvalue weighted by atomic mass is 35.5. The fraction of sp³-hybridized carbons (Fsp3) is 0.375. The molecule has 1 aliphatic rings. The minimum absolute atomic E-state index is 0.0877. The molecule has 3 amide bonds. The number of aliphatic carboxylic acids is 1. The first-order valence-corrected chi connectivity index (χ1v) is 15.1. The molecule has 0 unspecified atom stereocenters. The molecule has 4 N–H and O–H groups in total. The average molecular weight is 683 g/mol. The van der Waals surface area contributed by atoms with Crippen LogP contribution in [0.5, 0.6) is 5.75 Å². The van der Waals surface area contributed by atoms with Crippen molar-refractivity contribution in [2.24, 2.45) is 5.92 Å². The molecule has 0 bridgehead atoms. The van der Waals surface area contributed by atoms with Crippen LogP contribution in [0.2, 0.25) is 5.02 Å². The van der Waals surface area contributed by atoms with Crippen molar-refractivity contribution >= 4 is 29.5 Å². The number of carboxylic acid groups (broad SMARTS) is 1. The number of amides is 3. The number of rotatable bonds is 13. The maximum Gasteiger partial charge on any atom is 0.461 e. The summed E-state index contributed by atoms with van der Waals surface area (Å²) in [6.45, 7) is -0.0966. The Balaban J connectivity index is 1.76. The van der Waals surface area contributed by atoms with E-state index in [-0.39, 0.29) is 35.7 Å². The van der Waals surface area contributed by atoms with Gasteiger partial charge in [0.25, 0.3) is 0 Å². The number of hydrogen-bond donors (Lipinski definition) is 4. The van der Waals surface area contributed by atoms with Crippen LogP contribution < -0.4 is 20.7 Å². The summed E-state index contributed by atoms with van der Waals surface area (Å²) < 4.78 is 73.2. The van der Waals surface area contributed by atoms with Crippen LogP contribution in [-0.4, -0.2) is 53.1 Å². The number of urea groups is 1. The molecular formula is C32H32ClF5N4O5. The molecule has 1 saturated carbocycles. The van der Waals surface area contributed by atoms with E-state index in [2.05, 4.69) is 25.7 Å². The molecule has 3 aromatic rings. The lowest BCUT2D eigenvalue weighted by Gasteiger charge is -2.37. The van der Waals surface area contributed by atoms with E-state index < -0.39 is 59.5 Å². The zero-order valence-corrected chi connectivity index (χ0v) is 25.6. The third-order valence-electron chi connectivity index (χ3n) is 7.73. The van der Waals surface area contributed by atoms with Crippen molar-refractivity contribution in [3.63, 3.8) is 0 Å². The average Bonchev–Trinajstić information content (AvgIpc) is 3.01. The molecule has 1 heterocycles. The van der Waals surface area contributed by atoms with Gasteiger partial charge in [-0.05, 0) is 48.2 Å². The van der Waals surface area contributed by atoms with E-state index in [1.54, 1.807) is 30.3 Å². The number of halogens is 6. The fourth-order valence-electron chi connectivity index (χ4n) is 5.56. The van der Waals surface area contributed by atoms with E-state index in [9.17, 15) is 31.9 Å². The van der Waals surface area contributed by atoms with Gasteiger partial charge in [-0.1, -0.05) is 54.8 Å². The Morgan fingerprint density at radius 3 is 2.43 bits per heavy atom. The van der Waals surface area contributed by atoms with Crippen molar-refractivity contribution in [3.05, 3.63) is 94.5 Å². The Morgan fingerprint density at radius 2 is 1.77 bits per heavy atom. The number of carbonyl (C=O) groups is 3. The first kappa shape index (κ1) is 35.4. The molecule has 1 aliphatic carbocycles. The van der Waals surface area contributed by atoms with Gasteiger partial charge in [0.1, 0.15) is 17.1 Å². The van der Waals surface area contributed by atoms with Crippen molar-refractivity contribution in [3.8, 4) is 5.75 Å². The van der Waals surface area contributed by atoms with Gasteiger partial charge in [0.15, 0.2) is 0 Å². The lowest BCUT2D eigenvalue weighted by molar-refractivity contribution is -0.253. The highest BCUT2D eigenvalue weighted by molar-refractivity contribution is 6.30. The maximum absolute atomic E-state index is 15.1. The molecular weight excluding hydrogens is 651 g/mol. The predicted molar refractivity (Wildman–Crippen MR) is 161 cm³/mol. The Morgan fingerprint density at radius 1 is 1.04 bits per heavy atom. The summed E-state index contributed by atoms with van der Waals surface area (Å²) in [6.07, 6.45) is -6.11. The lowest BCUT2D eigenvalue weighted by atomic mass is 9.80. The Bertz CT molecular complexity index is 1550. The summed E-state index contributed by atoms with van der Waals surface area (Å²) in [6, 6.07) is 12.3. The third-order valence-corrected chi connectivity index (χ3v) is 7.96. The molecule has 47 heavy (non-hydrogen) atoms.